The van der Waals surface area contributed by atoms with Crippen LogP contribution in [0.1, 0.15) is 39.2 Å². The fourth-order valence-electron chi connectivity index (χ4n) is 2.88. The third-order valence-corrected chi connectivity index (χ3v) is 4.87. The van der Waals surface area contributed by atoms with E-state index < -0.39 is 0 Å². The Balaban J connectivity index is 2.06. The molecule has 2 rings (SSSR count). The minimum Gasteiger partial charge on any atom is -0.369 e. The van der Waals surface area contributed by atoms with Gasteiger partial charge in [0.25, 0.3) is 0 Å². The molecule has 1 nitrogen and oxygen atoms in total. The van der Waals surface area contributed by atoms with Crippen molar-refractivity contribution in [3.8, 4) is 0 Å². The molecule has 0 spiro atoms. The van der Waals surface area contributed by atoms with Gasteiger partial charge in [0, 0.05) is 18.4 Å². The van der Waals surface area contributed by atoms with E-state index in [0.717, 1.165) is 43.1 Å². The van der Waals surface area contributed by atoms with Crippen molar-refractivity contribution in [3.63, 3.8) is 0 Å². The third-order valence-electron chi connectivity index (χ3n) is 4.23. The Morgan fingerprint density at radius 3 is 2.37 bits per heavy atom. The highest BCUT2D eigenvalue weighted by Gasteiger charge is 2.29. The number of hydrogen-bond acceptors (Lipinski definition) is 1. The number of alkyl halides is 1. The highest BCUT2D eigenvalue weighted by Crippen LogP contribution is 2.36. The van der Waals surface area contributed by atoms with Crippen molar-refractivity contribution in [1.82, 2.24) is 0 Å². The van der Waals surface area contributed by atoms with Crippen LogP contribution in [0.3, 0.4) is 0 Å². The van der Waals surface area contributed by atoms with Gasteiger partial charge in [-0.1, -0.05) is 42.8 Å². The van der Waals surface area contributed by atoms with Crippen LogP contribution in [0.4, 0.5) is 10.1 Å². The number of hydrogen-bond donors (Lipinski definition) is 0. The van der Waals surface area contributed by atoms with Crippen LogP contribution in [-0.2, 0) is 5.33 Å². The summed E-state index contributed by atoms with van der Waals surface area (Å²) in [4.78, 5) is 2.19. The quantitative estimate of drug-likeness (QED) is 0.692. The molecule has 0 amide bonds. The SMILES string of the molecule is CC(C)(C)C1CCN(c2ccc(CBr)cc2F)CC1. The van der Waals surface area contributed by atoms with Crippen LogP contribution in [0.5, 0.6) is 0 Å². The Bertz CT molecular complexity index is 431. The molecule has 0 aromatic heterocycles. The number of benzene rings is 1. The molecule has 1 fully saturated rings. The maximum atomic E-state index is 14.1. The smallest absolute Gasteiger partial charge is 0.146 e. The predicted octanol–water partition coefficient (Wildman–Crippen LogP) is 4.98. The lowest BCUT2D eigenvalue weighted by Gasteiger charge is -2.39. The molecule has 19 heavy (non-hydrogen) atoms. The molecule has 1 aromatic carbocycles. The Kier molecular flexibility index (Phi) is 4.54. The van der Waals surface area contributed by atoms with Gasteiger partial charge in [-0.3, -0.25) is 0 Å². The van der Waals surface area contributed by atoms with Crippen molar-refractivity contribution in [1.29, 1.82) is 0 Å². The molecule has 1 heterocycles. The molecule has 0 saturated carbocycles. The summed E-state index contributed by atoms with van der Waals surface area (Å²) in [7, 11) is 0. The second-order valence-electron chi connectivity index (χ2n) is 6.55. The third kappa shape index (κ3) is 3.50. The van der Waals surface area contributed by atoms with Gasteiger partial charge in [-0.15, -0.1) is 0 Å². The molecule has 1 aliphatic heterocycles. The van der Waals surface area contributed by atoms with Gasteiger partial charge in [0.1, 0.15) is 5.82 Å². The molecule has 106 valence electrons. The summed E-state index contributed by atoms with van der Waals surface area (Å²) in [6.07, 6.45) is 2.31. The molecule has 1 aliphatic rings. The van der Waals surface area contributed by atoms with Crippen LogP contribution in [0.25, 0.3) is 0 Å². The summed E-state index contributed by atoms with van der Waals surface area (Å²) in [6, 6.07) is 5.56. The lowest BCUT2D eigenvalue weighted by Crippen LogP contribution is -2.38. The van der Waals surface area contributed by atoms with Crippen molar-refractivity contribution in [2.24, 2.45) is 11.3 Å². The highest BCUT2D eigenvalue weighted by atomic mass is 79.9. The van der Waals surface area contributed by atoms with Gasteiger partial charge < -0.3 is 4.90 Å². The van der Waals surface area contributed by atoms with E-state index in [4.69, 9.17) is 0 Å². The topological polar surface area (TPSA) is 3.24 Å². The van der Waals surface area contributed by atoms with Crippen LogP contribution in [0, 0.1) is 17.2 Å². The molecule has 1 saturated heterocycles. The summed E-state index contributed by atoms with van der Waals surface area (Å²) in [5, 5.41) is 0.705. The van der Waals surface area contributed by atoms with Gasteiger partial charge in [-0.05, 0) is 41.9 Å². The molecule has 0 bridgehead atoms. The molecule has 0 radical (unpaired) electrons. The minimum atomic E-state index is -0.0915. The zero-order chi connectivity index (χ0) is 14.0. The van der Waals surface area contributed by atoms with Gasteiger partial charge in [0.2, 0.25) is 0 Å². The van der Waals surface area contributed by atoms with E-state index >= 15 is 0 Å². The standard InChI is InChI=1S/C16H23BrFN/c1-16(2,3)13-6-8-19(9-7-13)15-5-4-12(11-17)10-14(15)18/h4-5,10,13H,6-9,11H2,1-3H3. The van der Waals surface area contributed by atoms with Gasteiger partial charge in [-0.25, -0.2) is 4.39 Å². The van der Waals surface area contributed by atoms with Crippen LogP contribution >= 0.6 is 15.9 Å². The van der Waals surface area contributed by atoms with Gasteiger partial charge in [0.15, 0.2) is 0 Å². The van der Waals surface area contributed by atoms with E-state index in [-0.39, 0.29) is 5.82 Å². The summed E-state index contributed by atoms with van der Waals surface area (Å²) < 4.78 is 14.1. The summed E-state index contributed by atoms with van der Waals surface area (Å²) in [5.74, 6) is 0.653. The fraction of sp³-hybridized carbons (Fsp3) is 0.625. The average Bonchev–Trinajstić information content (AvgIpc) is 2.37. The van der Waals surface area contributed by atoms with E-state index in [1.165, 1.54) is 0 Å². The molecule has 1 aromatic rings. The van der Waals surface area contributed by atoms with E-state index in [9.17, 15) is 4.39 Å². The van der Waals surface area contributed by atoms with E-state index in [1.807, 2.05) is 12.1 Å². The maximum Gasteiger partial charge on any atom is 0.146 e. The first kappa shape index (κ1) is 14.8. The van der Waals surface area contributed by atoms with Gasteiger partial charge >= 0.3 is 0 Å². The van der Waals surface area contributed by atoms with Gasteiger partial charge in [0.05, 0.1) is 5.69 Å². The van der Waals surface area contributed by atoms with Crippen molar-refractivity contribution >= 4 is 21.6 Å². The average molecular weight is 328 g/mol. The van der Waals surface area contributed by atoms with E-state index in [1.54, 1.807) is 6.07 Å². The first-order valence-corrected chi connectivity index (χ1v) is 8.13. The number of halogens is 2. The Morgan fingerprint density at radius 1 is 1.26 bits per heavy atom. The van der Waals surface area contributed by atoms with Gasteiger partial charge in [-0.2, -0.15) is 0 Å². The maximum absolute atomic E-state index is 14.1. The highest BCUT2D eigenvalue weighted by molar-refractivity contribution is 9.08. The predicted molar refractivity (Wildman–Crippen MR) is 83.4 cm³/mol. The van der Waals surface area contributed by atoms with Crippen molar-refractivity contribution in [3.05, 3.63) is 29.6 Å². The Labute approximate surface area is 124 Å². The van der Waals surface area contributed by atoms with Crippen molar-refractivity contribution in [2.45, 2.75) is 38.9 Å². The summed E-state index contributed by atoms with van der Waals surface area (Å²) in [6.45, 7) is 8.84. The molecule has 3 heteroatoms. The lowest BCUT2D eigenvalue weighted by atomic mass is 9.75. The molecular formula is C16H23BrFN. The largest absolute Gasteiger partial charge is 0.369 e. The van der Waals surface area contributed by atoms with Crippen LogP contribution in [0.2, 0.25) is 0 Å². The lowest BCUT2D eigenvalue weighted by molar-refractivity contribution is 0.198. The molecule has 0 atom stereocenters. The fourth-order valence-corrected chi connectivity index (χ4v) is 3.23. The molecule has 0 aliphatic carbocycles. The number of rotatable bonds is 2. The van der Waals surface area contributed by atoms with Crippen LogP contribution < -0.4 is 4.90 Å². The summed E-state index contributed by atoms with van der Waals surface area (Å²) in [5.41, 5.74) is 2.12. The van der Waals surface area contributed by atoms with Crippen LogP contribution in [0.15, 0.2) is 18.2 Å². The second kappa shape index (κ2) is 5.82. The van der Waals surface area contributed by atoms with Crippen molar-refractivity contribution in [2.75, 3.05) is 18.0 Å². The van der Waals surface area contributed by atoms with E-state index in [2.05, 4.69) is 41.6 Å². The number of anilines is 1. The zero-order valence-electron chi connectivity index (χ0n) is 12.0. The zero-order valence-corrected chi connectivity index (χ0v) is 13.6. The first-order chi connectivity index (χ1) is 8.91. The number of piperidine rings is 1. The molecular weight excluding hydrogens is 305 g/mol. The minimum absolute atomic E-state index is 0.0915. The van der Waals surface area contributed by atoms with E-state index in [0.29, 0.717) is 10.7 Å². The van der Waals surface area contributed by atoms with Crippen molar-refractivity contribution < 1.29 is 4.39 Å². The second-order valence-corrected chi connectivity index (χ2v) is 7.11. The monoisotopic (exact) mass is 327 g/mol. The normalized spacial score (nSPS) is 17.8. The molecule has 0 unspecified atom stereocenters. The first-order valence-electron chi connectivity index (χ1n) is 7.01. The number of nitrogens with zero attached hydrogens (tertiary/aromatic N) is 1. The summed E-state index contributed by atoms with van der Waals surface area (Å²) >= 11 is 3.36. The Hall–Kier alpha value is -0.570. The molecule has 0 N–H and O–H groups in total. The Morgan fingerprint density at radius 2 is 1.89 bits per heavy atom. The van der Waals surface area contributed by atoms with Crippen LogP contribution in [-0.4, -0.2) is 13.1 Å².